The predicted molar refractivity (Wildman–Crippen MR) is 159 cm³/mol. The third kappa shape index (κ3) is 5.52. The van der Waals surface area contributed by atoms with Crippen molar-refractivity contribution in [2.24, 2.45) is 7.05 Å². The van der Waals surface area contributed by atoms with Gasteiger partial charge in [-0.3, -0.25) is 4.90 Å². The second-order valence-electron chi connectivity index (χ2n) is 9.87. The summed E-state index contributed by atoms with van der Waals surface area (Å²) in [6.45, 7) is 1.99. The molecule has 0 bridgehead atoms. The average molecular weight is 565 g/mol. The normalized spacial score (nSPS) is 14.5. The second-order valence-corrected chi connectivity index (χ2v) is 11.2. The molecule has 206 valence electrons. The molecule has 5 aromatic rings. The number of aromatic nitrogens is 1. The SMILES string of the molecule is CCC(=Cc1oc2ccc(-c3ccccc3)cc2[n+]1C)C=C1Oc2ccc(-c3ccccc3)cc2N1CS(=O)(=O)[O-]. The summed E-state index contributed by atoms with van der Waals surface area (Å²) in [6.07, 6.45) is 4.28. The van der Waals surface area contributed by atoms with Crippen LogP contribution < -0.4 is 14.2 Å². The molecule has 0 fully saturated rings. The van der Waals surface area contributed by atoms with E-state index in [1.54, 1.807) is 12.1 Å². The fourth-order valence-corrected chi connectivity index (χ4v) is 5.56. The van der Waals surface area contributed by atoms with E-state index in [0.717, 1.165) is 38.9 Å². The first kappa shape index (κ1) is 26.6. The molecule has 0 spiro atoms. The summed E-state index contributed by atoms with van der Waals surface area (Å²) in [5.41, 5.74) is 7.11. The number of rotatable bonds is 7. The van der Waals surface area contributed by atoms with Gasteiger partial charge in [0.1, 0.15) is 23.0 Å². The van der Waals surface area contributed by atoms with Crippen LogP contribution in [0.3, 0.4) is 0 Å². The lowest BCUT2D eigenvalue weighted by atomic mass is 10.0. The van der Waals surface area contributed by atoms with Crippen molar-refractivity contribution in [3.8, 4) is 28.0 Å². The molecule has 6 rings (SSSR count). The summed E-state index contributed by atoms with van der Waals surface area (Å²) < 4.78 is 50.0. The van der Waals surface area contributed by atoms with Gasteiger partial charge in [-0.15, -0.1) is 0 Å². The Morgan fingerprint density at radius 2 is 1.51 bits per heavy atom. The van der Waals surface area contributed by atoms with Crippen LogP contribution in [0, 0.1) is 0 Å². The van der Waals surface area contributed by atoms with Crippen molar-refractivity contribution in [3.05, 3.63) is 120 Å². The topological polar surface area (TPSA) is 86.7 Å². The molecule has 8 heteroatoms. The molecule has 0 radical (unpaired) electrons. The lowest BCUT2D eigenvalue weighted by molar-refractivity contribution is -0.652. The molecule has 0 saturated heterocycles. The Morgan fingerprint density at radius 3 is 2.15 bits per heavy atom. The Labute approximate surface area is 239 Å². The molecule has 1 aliphatic heterocycles. The van der Waals surface area contributed by atoms with E-state index < -0.39 is 16.0 Å². The molecule has 1 aromatic heterocycles. The first-order chi connectivity index (χ1) is 19.8. The molecule has 0 saturated carbocycles. The summed E-state index contributed by atoms with van der Waals surface area (Å²) in [6, 6.07) is 31.5. The molecule has 0 N–H and O–H groups in total. The smallest absolute Gasteiger partial charge is 0.374 e. The minimum Gasteiger partial charge on any atom is -0.747 e. The van der Waals surface area contributed by atoms with Crippen molar-refractivity contribution in [1.82, 2.24) is 0 Å². The zero-order valence-electron chi connectivity index (χ0n) is 22.7. The Bertz CT molecular complexity index is 1910. The van der Waals surface area contributed by atoms with Crippen LogP contribution in [-0.2, 0) is 17.2 Å². The van der Waals surface area contributed by atoms with Crippen LogP contribution in [0.15, 0.2) is 119 Å². The third-order valence-electron chi connectivity index (χ3n) is 7.12. The van der Waals surface area contributed by atoms with E-state index in [4.69, 9.17) is 9.15 Å². The van der Waals surface area contributed by atoms with Gasteiger partial charge >= 0.3 is 5.89 Å². The first-order valence-electron chi connectivity index (χ1n) is 13.3. The lowest BCUT2D eigenvalue weighted by Gasteiger charge is -2.20. The van der Waals surface area contributed by atoms with Crippen LogP contribution in [0.5, 0.6) is 5.75 Å². The lowest BCUT2D eigenvalue weighted by Crippen LogP contribution is -2.29. The highest BCUT2D eigenvalue weighted by molar-refractivity contribution is 7.85. The van der Waals surface area contributed by atoms with Gasteiger partial charge in [0, 0.05) is 12.1 Å². The van der Waals surface area contributed by atoms with Gasteiger partial charge < -0.3 is 13.7 Å². The number of allylic oxidation sites excluding steroid dienone is 2. The maximum atomic E-state index is 11.9. The Hall–Kier alpha value is -4.66. The van der Waals surface area contributed by atoms with Gasteiger partial charge in [-0.2, -0.15) is 4.57 Å². The van der Waals surface area contributed by atoms with E-state index in [0.29, 0.717) is 23.7 Å². The van der Waals surface area contributed by atoms with Gasteiger partial charge in [0.2, 0.25) is 11.5 Å². The van der Waals surface area contributed by atoms with Crippen LogP contribution >= 0.6 is 0 Å². The van der Waals surface area contributed by atoms with E-state index in [2.05, 4.69) is 18.2 Å². The number of oxazole rings is 1. The maximum absolute atomic E-state index is 11.9. The molecule has 41 heavy (non-hydrogen) atoms. The maximum Gasteiger partial charge on any atom is 0.374 e. The molecule has 0 atom stereocenters. The number of hydrogen-bond donors (Lipinski definition) is 0. The predicted octanol–water partition coefficient (Wildman–Crippen LogP) is 6.63. The number of nitrogens with zero attached hydrogens (tertiary/aromatic N) is 2. The summed E-state index contributed by atoms with van der Waals surface area (Å²) in [5, 5.41) is 0. The molecule has 4 aromatic carbocycles. The van der Waals surface area contributed by atoms with Crippen LogP contribution in [0.1, 0.15) is 19.2 Å². The number of hydrogen-bond acceptors (Lipinski definition) is 6. The van der Waals surface area contributed by atoms with Crippen molar-refractivity contribution in [2.75, 3.05) is 10.8 Å². The van der Waals surface area contributed by atoms with E-state index in [1.165, 1.54) is 4.90 Å². The monoisotopic (exact) mass is 564 g/mol. The zero-order chi connectivity index (χ0) is 28.6. The minimum absolute atomic E-state index is 0.267. The number of benzene rings is 4. The van der Waals surface area contributed by atoms with E-state index in [9.17, 15) is 13.0 Å². The second kappa shape index (κ2) is 10.7. The van der Waals surface area contributed by atoms with Crippen molar-refractivity contribution >= 4 is 33.0 Å². The molecule has 0 unspecified atom stereocenters. The van der Waals surface area contributed by atoms with Crippen LogP contribution in [-0.4, -0.2) is 18.8 Å². The molecular weight excluding hydrogens is 536 g/mol. The number of aryl methyl sites for hydroxylation is 1. The quantitative estimate of drug-likeness (QED) is 0.163. The number of anilines is 1. The van der Waals surface area contributed by atoms with Crippen molar-refractivity contribution in [2.45, 2.75) is 13.3 Å². The Balaban J connectivity index is 1.38. The van der Waals surface area contributed by atoms with Crippen LogP contribution in [0.25, 0.3) is 39.4 Å². The first-order valence-corrected chi connectivity index (χ1v) is 14.9. The van der Waals surface area contributed by atoms with Gasteiger partial charge in [0.25, 0.3) is 5.52 Å². The molecule has 2 heterocycles. The third-order valence-corrected chi connectivity index (χ3v) is 7.70. The summed E-state index contributed by atoms with van der Waals surface area (Å²) in [7, 11) is -2.66. The highest BCUT2D eigenvalue weighted by Gasteiger charge is 2.29. The van der Waals surface area contributed by atoms with Crippen molar-refractivity contribution in [1.29, 1.82) is 0 Å². The van der Waals surface area contributed by atoms with Gasteiger partial charge in [0.05, 0.1) is 11.8 Å². The van der Waals surface area contributed by atoms with E-state index >= 15 is 0 Å². The number of fused-ring (bicyclic) bond motifs is 2. The highest BCUT2D eigenvalue weighted by atomic mass is 32.2. The minimum atomic E-state index is -4.60. The standard InChI is InChI=1S/C33H28N2O5S/c1-3-23(18-32-34(2)28-20-26(14-16-30(28)39-32)24-10-6-4-7-11-24)19-33-35(22-41(36,37)38)29-21-27(15-17-31(29)40-33)25-12-8-5-9-13-25/h4-21H,3,22H2,1-2H3. The summed E-state index contributed by atoms with van der Waals surface area (Å²) in [4.78, 5) is 1.42. The molecular formula is C33H28N2O5S. The van der Waals surface area contributed by atoms with E-state index in [-0.39, 0.29) is 5.88 Å². The molecule has 0 amide bonds. The summed E-state index contributed by atoms with van der Waals surface area (Å²) >= 11 is 0. The molecule has 0 aliphatic carbocycles. The van der Waals surface area contributed by atoms with Crippen LogP contribution in [0.2, 0.25) is 0 Å². The van der Waals surface area contributed by atoms with Gasteiger partial charge in [-0.1, -0.05) is 79.7 Å². The highest BCUT2D eigenvalue weighted by Crippen LogP contribution is 2.42. The fraction of sp³-hybridized carbons (Fsp3) is 0.121. The van der Waals surface area contributed by atoms with E-state index in [1.807, 2.05) is 97.4 Å². The molecule has 7 nitrogen and oxygen atoms in total. The van der Waals surface area contributed by atoms with Gasteiger partial charge in [0.15, 0.2) is 5.75 Å². The zero-order valence-corrected chi connectivity index (χ0v) is 23.5. The Morgan fingerprint density at radius 1 is 0.878 bits per heavy atom. The fourth-order valence-electron chi connectivity index (χ4n) is 4.97. The van der Waals surface area contributed by atoms with Crippen molar-refractivity contribution in [3.63, 3.8) is 0 Å². The summed E-state index contributed by atoms with van der Waals surface area (Å²) in [5.74, 6) is 0.631. The van der Waals surface area contributed by atoms with Gasteiger partial charge in [-0.25, -0.2) is 8.42 Å². The molecule has 1 aliphatic rings. The van der Waals surface area contributed by atoms with Gasteiger partial charge in [-0.05, 0) is 52.4 Å². The number of ether oxygens (including phenoxy) is 1. The van der Waals surface area contributed by atoms with Crippen molar-refractivity contribution < 1.29 is 26.7 Å². The largest absolute Gasteiger partial charge is 0.747 e. The average Bonchev–Trinajstić information content (AvgIpc) is 3.47. The Kier molecular flexibility index (Phi) is 6.95. The van der Waals surface area contributed by atoms with Crippen LogP contribution in [0.4, 0.5) is 5.69 Å².